The molecule has 0 N–H and O–H groups in total. The van der Waals surface area contributed by atoms with Crippen molar-refractivity contribution in [2.24, 2.45) is 0 Å². The van der Waals surface area contributed by atoms with Gasteiger partial charge in [0.2, 0.25) is 5.94 Å². The van der Waals surface area contributed by atoms with E-state index in [1.54, 1.807) is 0 Å². The molecule has 2 rings (SSSR count). The fourth-order valence-corrected chi connectivity index (χ4v) is 1.93. The number of nitrogens with zero attached hydrogens (tertiary/aromatic N) is 1. The predicted octanol–water partition coefficient (Wildman–Crippen LogP) is 1.20. The number of fused-ring (bicyclic) bond motifs is 1. The lowest BCUT2D eigenvalue weighted by molar-refractivity contribution is 0.345. The highest BCUT2D eigenvalue weighted by molar-refractivity contribution is 7.92. The lowest BCUT2D eigenvalue weighted by Gasteiger charge is -2.22. The average molecular weight is 221 g/mol. The van der Waals surface area contributed by atoms with Crippen molar-refractivity contribution >= 4 is 15.7 Å². The Hall–Kier alpha value is -1.37. The monoisotopic (exact) mass is 221 g/mol. The van der Waals surface area contributed by atoms with Crippen molar-refractivity contribution in [2.75, 3.05) is 10.5 Å². The third-order valence-electron chi connectivity index (χ3n) is 1.73. The molecule has 0 spiro atoms. The van der Waals surface area contributed by atoms with Crippen molar-refractivity contribution in [3.63, 3.8) is 0 Å². The van der Waals surface area contributed by atoms with Gasteiger partial charge >= 0.3 is 0 Å². The lowest BCUT2D eigenvalue weighted by atomic mass is 10.3. The Morgan fingerprint density at radius 3 is 2.86 bits per heavy atom. The van der Waals surface area contributed by atoms with Crippen LogP contribution in [0.4, 0.5) is 14.6 Å². The normalized spacial score (nSPS) is 18.6. The minimum absolute atomic E-state index is 0.123. The van der Waals surface area contributed by atoms with Gasteiger partial charge in [0.1, 0.15) is 0 Å². The number of anilines is 1. The third-order valence-corrected chi connectivity index (χ3v) is 2.82. The van der Waals surface area contributed by atoms with Crippen LogP contribution in [0.5, 0.6) is 5.75 Å². The quantitative estimate of drug-likeness (QED) is 0.618. The summed E-state index contributed by atoms with van der Waals surface area (Å²) in [5, 5.41) is 0. The van der Waals surface area contributed by atoms with Crippen molar-refractivity contribution < 1.29 is 22.0 Å². The van der Waals surface area contributed by atoms with Crippen LogP contribution >= 0.6 is 0 Å². The standard InChI is InChI=1S/C7H5F2NO3S/c8-5-2-1-3-6-7(5)10(9)14(11,12)4-13-6/h1-3H,4H2. The summed E-state index contributed by atoms with van der Waals surface area (Å²) in [6.07, 6.45) is 0. The lowest BCUT2D eigenvalue weighted by Crippen LogP contribution is -2.33. The van der Waals surface area contributed by atoms with Gasteiger partial charge in [-0.2, -0.15) is 0 Å². The highest BCUT2D eigenvalue weighted by Crippen LogP contribution is 2.36. The van der Waals surface area contributed by atoms with E-state index in [-0.39, 0.29) is 5.75 Å². The smallest absolute Gasteiger partial charge is 0.297 e. The van der Waals surface area contributed by atoms with Gasteiger partial charge in [0.15, 0.2) is 17.3 Å². The van der Waals surface area contributed by atoms with E-state index in [1.807, 2.05) is 0 Å². The van der Waals surface area contributed by atoms with Crippen molar-refractivity contribution in [1.29, 1.82) is 0 Å². The van der Waals surface area contributed by atoms with Crippen LogP contribution in [-0.4, -0.2) is 14.4 Å². The first-order valence-corrected chi connectivity index (χ1v) is 5.23. The van der Waals surface area contributed by atoms with Gasteiger partial charge in [0.25, 0.3) is 10.0 Å². The fourth-order valence-electron chi connectivity index (χ4n) is 1.11. The van der Waals surface area contributed by atoms with Gasteiger partial charge in [-0.15, -0.1) is 0 Å². The minimum Gasteiger partial charge on any atom is -0.473 e. The maximum Gasteiger partial charge on any atom is 0.297 e. The molecule has 1 heterocycles. The van der Waals surface area contributed by atoms with E-state index in [4.69, 9.17) is 0 Å². The van der Waals surface area contributed by atoms with Crippen molar-refractivity contribution in [2.45, 2.75) is 0 Å². The molecule has 0 bridgehead atoms. The van der Waals surface area contributed by atoms with E-state index in [0.717, 1.165) is 6.07 Å². The molecule has 1 aromatic rings. The van der Waals surface area contributed by atoms with Crippen LogP contribution in [-0.2, 0) is 10.0 Å². The predicted molar refractivity (Wildman–Crippen MR) is 44.4 cm³/mol. The summed E-state index contributed by atoms with van der Waals surface area (Å²) in [5.41, 5.74) is -0.696. The minimum atomic E-state index is -4.19. The molecule has 1 aliphatic heterocycles. The number of hydrogen-bond acceptors (Lipinski definition) is 3. The summed E-state index contributed by atoms with van der Waals surface area (Å²) in [7, 11) is -4.19. The zero-order valence-corrected chi connectivity index (χ0v) is 7.59. The molecule has 0 unspecified atom stereocenters. The summed E-state index contributed by atoms with van der Waals surface area (Å²) in [4.78, 5) is 0. The van der Waals surface area contributed by atoms with Crippen LogP contribution < -0.4 is 9.26 Å². The number of hydrogen-bond donors (Lipinski definition) is 0. The Balaban J connectivity index is 2.65. The molecule has 4 nitrogen and oxygen atoms in total. The van der Waals surface area contributed by atoms with Gasteiger partial charge in [-0.3, -0.25) is 0 Å². The molecule has 0 saturated heterocycles. The molecule has 14 heavy (non-hydrogen) atoms. The molecule has 0 aromatic heterocycles. The first kappa shape index (κ1) is 9.20. The maximum absolute atomic E-state index is 13.1. The van der Waals surface area contributed by atoms with Crippen molar-refractivity contribution in [1.82, 2.24) is 0 Å². The van der Waals surface area contributed by atoms with Gasteiger partial charge in [0.05, 0.1) is 0 Å². The molecule has 0 saturated carbocycles. The molecule has 76 valence electrons. The summed E-state index contributed by atoms with van der Waals surface area (Å²) < 4.78 is 52.2. The average Bonchev–Trinajstić information content (AvgIpc) is 2.12. The molecule has 1 aromatic carbocycles. The summed E-state index contributed by atoms with van der Waals surface area (Å²) in [6, 6.07) is 3.55. The van der Waals surface area contributed by atoms with Crippen LogP contribution in [0.15, 0.2) is 18.2 Å². The highest BCUT2D eigenvalue weighted by Gasteiger charge is 2.34. The number of halogens is 2. The van der Waals surface area contributed by atoms with E-state index in [9.17, 15) is 17.3 Å². The topological polar surface area (TPSA) is 46.6 Å². The van der Waals surface area contributed by atoms with E-state index >= 15 is 0 Å². The Morgan fingerprint density at radius 1 is 1.43 bits per heavy atom. The van der Waals surface area contributed by atoms with Gasteiger partial charge in [-0.05, 0) is 12.1 Å². The van der Waals surface area contributed by atoms with Gasteiger partial charge in [-0.25, -0.2) is 12.8 Å². The van der Waals surface area contributed by atoms with Gasteiger partial charge in [0, 0.05) is 0 Å². The highest BCUT2D eigenvalue weighted by atomic mass is 32.2. The molecular weight excluding hydrogens is 216 g/mol. The van der Waals surface area contributed by atoms with Crippen LogP contribution in [0.25, 0.3) is 0 Å². The van der Waals surface area contributed by atoms with Gasteiger partial charge < -0.3 is 4.74 Å². The van der Waals surface area contributed by atoms with E-state index in [2.05, 4.69) is 4.74 Å². The Labute approximate surface area is 78.7 Å². The van der Waals surface area contributed by atoms with E-state index in [1.165, 1.54) is 12.1 Å². The van der Waals surface area contributed by atoms with Crippen LogP contribution in [0.2, 0.25) is 0 Å². The summed E-state index contributed by atoms with van der Waals surface area (Å²) in [6.45, 7) is 0. The first-order chi connectivity index (χ1) is 6.52. The second kappa shape index (κ2) is 2.81. The van der Waals surface area contributed by atoms with Crippen molar-refractivity contribution in [3.05, 3.63) is 24.0 Å². The number of sulfonamides is 1. The zero-order chi connectivity index (χ0) is 10.3. The molecule has 0 amide bonds. The largest absolute Gasteiger partial charge is 0.473 e. The van der Waals surface area contributed by atoms with Crippen LogP contribution in [0.3, 0.4) is 0 Å². The zero-order valence-electron chi connectivity index (χ0n) is 6.78. The molecule has 0 fully saturated rings. The molecule has 1 aliphatic rings. The van der Waals surface area contributed by atoms with E-state index < -0.39 is 32.0 Å². The van der Waals surface area contributed by atoms with Crippen molar-refractivity contribution in [3.8, 4) is 5.75 Å². The third kappa shape index (κ3) is 1.20. The fraction of sp³-hybridized carbons (Fsp3) is 0.143. The molecule has 0 atom stereocenters. The number of ether oxygens (including phenoxy) is 1. The van der Waals surface area contributed by atoms with E-state index in [0.29, 0.717) is 0 Å². The number of rotatable bonds is 0. The SMILES string of the molecule is O=S1(=O)COc2cccc(F)c2N1F. The molecule has 0 radical (unpaired) electrons. The van der Waals surface area contributed by atoms with Crippen LogP contribution in [0.1, 0.15) is 0 Å². The first-order valence-electron chi connectivity index (χ1n) is 3.62. The summed E-state index contributed by atoms with van der Waals surface area (Å²) >= 11 is 0. The summed E-state index contributed by atoms with van der Waals surface area (Å²) in [5.74, 6) is -1.92. The Kier molecular flexibility index (Phi) is 1.84. The second-order valence-corrected chi connectivity index (χ2v) is 4.40. The maximum atomic E-state index is 13.1. The number of para-hydroxylation sites is 1. The molecule has 7 heteroatoms. The Morgan fingerprint density at radius 2 is 2.14 bits per heavy atom. The Bertz CT molecular complexity index is 474. The van der Waals surface area contributed by atoms with Crippen LogP contribution in [0, 0.1) is 5.82 Å². The van der Waals surface area contributed by atoms with Gasteiger partial charge in [-0.1, -0.05) is 15.1 Å². The molecular formula is C7H5F2NO3S. The molecule has 0 aliphatic carbocycles. The second-order valence-electron chi connectivity index (χ2n) is 2.68. The number of benzene rings is 1.